The van der Waals surface area contributed by atoms with Crippen molar-refractivity contribution in [3.8, 4) is 0 Å². The van der Waals surface area contributed by atoms with E-state index in [0.717, 1.165) is 56.1 Å². The second-order valence-electron chi connectivity index (χ2n) is 22.0. The first-order valence-corrected chi connectivity index (χ1v) is 22.9. The van der Waals surface area contributed by atoms with Crippen molar-refractivity contribution in [1.29, 1.82) is 0 Å². The van der Waals surface area contributed by atoms with Crippen LogP contribution in [0.3, 0.4) is 0 Å². The largest absolute Gasteiger partial charge is 0.393 e. The fraction of sp³-hybridized carbons (Fsp3) is 0.731. The Morgan fingerprint density at radius 1 is 0.737 bits per heavy atom. The standard InChI is InChI=1S/C27H42N2O.C25H36O2/c1-9-23(28-29(7)8)27(6)18(3)15-21-20-11-10-19-14-17(2)12-13-25(19,4)24(20)22(30)16-26(21,27)5;1-7-21(27)25(6)16(3)13-19-18-9-8-17-12-15(2)10-11-23(17,4)22(18)20(26)14-24(19,25)5/h12-14,18,20-22,24,30H,2,9-11,15-16H2,1,3-8H3;10-12,16,18-20,22,26H,2,7-9,13-14H2,1,3-6H3/b28-23-;/t18-,20+,21+,22+,24-,25+,26+,27-;16-,18+,19+,20+,22-,23+,24+,25-/m11/s1. The summed E-state index contributed by atoms with van der Waals surface area (Å²) in [4.78, 5) is 13.1. The monoisotopic (exact) mass is 779 g/mol. The lowest BCUT2D eigenvalue weighted by atomic mass is 9.44. The van der Waals surface area contributed by atoms with Crippen molar-refractivity contribution < 1.29 is 15.0 Å². The number of hydrogen-bond acceptors (Lipinski definition) is 5. The number of hydrogen-bond donors (Lipinski definition) is 2. The molecular weight excluding hydrogens is 701 g/mol. The summed E-state index contributed by atoms with van der Waals surface area (Å²) in [5.74, 6) is 4.14. The molecule has 0 spiro atoms. The van der Waals surface area contributed by atoms with Gasteiger partial charge in [0.2, 0.25) is 0 Å². The van der Waals surface area contributed by atoms with Gasteiger partial charge in [0.1, 0.15) is 5.78 Å². The normalized spacial score (nSPS) is 49.5. The van der Waals surface area contributed by atoms with Crippen LogP contribution in [0.25, 0.3) is 0 Å². The van der Waals surface area contributed by atoms with Crippen molar-refractivity contribution in [1.82, 2.24) is 5.01 Å². The number of hydrazone groups is 1. The van der Waals surface area contributed by atoms with Crippen molar-refractivity contribution in [3.05, 3.63) is 71.9 Å². The van der Waals surface area contributed by atoms with Crippen LogP contribution in [0.5, 0.6) is 0 Å². The molecule has 6 saturated carbocycles. The average Bonchev–Trinajstić information content (AvgIpc) is 3.48. The highest BCUT2D eigenvalue weighted by Gasteiger charge is 2.70. The molecule has 0 unspecified atom stereocenters. The van der Waals surface area contributed by atoms with Gasteiger partial charge >= 0.3 is 0 Å². The minimum atomic E-state index is -0.352. The molecule has 0 aromatic heterocycles. The van der Waals surface area contributed by atoms with Gasteiger partial charge in [0.05, 0.1) is 12.2 Å². The van der Waals surface area contributed by atoms with E-state index in [9.17, 15) is 15.0 Å². The van der Waals surface area contributed by atoms with Crippen molar-refractivity contribution in [2.24, 2.45) is 84.9 Å². The maximum atomic E-state index is 13.1. The summed E-state index contributed by atoms with van der Waals surface area (Å²) in [5.41, 5.74) is 6.01. The maximum Gasteiger partial charge on any atom is 0.139 e. The summed E-state index contributed by atoms with van der Waals surface area (Å²) >= 11 is 0. The Hall–Kier alpha value is -2.50. The second-order valence-corrected chi connectivity index (χ2v) is 22.0. The Labute approximate surface area is 347 Å². The molecule has 57 heavy (non-hydrogen) atoms. The Kier molecular flexibility index (Phi) is 10.7. The van der Waals surface area contributed by atoms with E-state index in [1.54, 1.807) is 0 Å². The highest BCUT2D eigenvalue weighted by molar-refractivity contribution is 5.91. The fourth-order valence-electron chi connectivity index (χ4n) is 16.3. The predicted molar refractivity (Wildman–Crippen MR) is 236 cm³/mol. The average molecular weight is 779 g/mol. The number of Topliss-reactive ketones (excluding diaryl/α,β-unsaturated/α-hetero) is 1. The first kappa shape index (κ1) is 42.6. The molecule has 0 aliphatic heterocycles. The number of carbonyl (C=O) groups is 1. The van der Waals surface area contributed by atoms with E-state index in [1.807, 2.05) is 26.0 Å². The van der Waals surface area contributed by atoms with Gasteiger partial charge in [-0.05, 0) is 115 Å². The van der Waals surface area contributed by atoms with Gasteiger partial charge in [-0.2, -0.15) is 5.10 Å². The van der Waals surface area contributed by atoms with E-state index >= 15 is 0 Å². The lowest BCUT2D eigenvalue weighted by Gasteiger charge is -2.60. The van der Waals surface area contributed by atoms with Crippen molar-refractivity contribution in [2.75, 3.05) is 14.1 Å². The van der Waals surface area contributed by atoms with E-state index < -0.39 is 0 Å². The third kappa shape index (κ3) is 5.87. The number of aliphatic hydroxyl groups excluding tert-OH is 2. The van der Waals surface area contributed by atoms with Gasteiger partial charge in [-0.25, -0.2) is 0 Å². The Balaban J connectivity index is 0.000000175. The Bertz CT molecular complexity index is 1830. The van der Waals surface area contributed by atoms with Gasteiger partial charge < -0.3 is 15.2 Å². The lowest BCUT2D eigenvalue weighted by Crippen LogP contribution is -2.58. The number of allylic oxidation sites excluding steroid dienone is 10. The molecule has 6 fully saturated rings. The zero-order valence-electron chi connectivity index (χ0n) is 37.9. The highest BCUT2D eigenvalue weighted by Crippen LogP contribution is 2.73. The summed E-state index contributed by atoms with van der Waals surface area (Å²) in [6, 6.07) is 0. The third-order valence-corrected chi connectivity index (χ3v) is 19.7. The summed E-state index contributed by atoms with van der Waals surface area (Å²) in [7, 11) is 4.06. The number of carbonyl (C=O) groups excluding carboxylic acids is 1. The molecule has 16 atom stereocenters. The number of fused-ring (bicyclic) bond motifs is 10. The molecule has 0 aromatic rings. The van der Waals surface area contributed by atoms with Crippen LogP contribution in [-0.2, 0) is 4.79 Å². The minimum absolute atomic E-state index is 0.0242. The van der Waals surface area contributed by atoms with E-state index in [2.05, 4.69) is 112 Å². The Morgan fingerprint density at radius 3 is 1.56 bits per heavy atom. The molecule has 0 bridgehead atoms. The third-order valence-electron chi connectivity index (χ3n) is 19.7. The molecule has 8 rings (SSSR count). The second kappa shape index (κ2) is 14.3. The van der Waals surface area contributed by atoms with Crippen LogP contribution in [0.4, 0.5) is 0 Å². The van der Waals surface area contributed by atoms with Gasteiger partial charge in [0, 0.05) is 59.7 Å². The van der Waals surface area contributed by atoms with E-state index in [-0.39, 0.29) is 50.6 Å². The summed E-state index contributed by atoms with van der Waals surface area (Å²) in [6.07, 6.45) is 23.0. The van der Waals surface area contributed by atoms with Gasteiger partial charge in [-0.3, -0.25) is 4.79 Å². The van der Waals surface area contributed by atoms with Gasteiger partial charge in [-0.15, -0.1) is 0 Å². The molecule has 0 aromatic carbocycles. The van der Waals surface area contributed by atoms with E-state index in [4.69, 9.17) is 5.10 Å². The van der Waals surface area contributed by atoms with E-state index in [0.29, 0.717) is 53.6 Å². The first-order valence-electron chi connectivity index (χ1n) is 22.9. The molecule has 0 saturated heterocycles. The van der Waals surface area contributed by atoms with Crippen LogP contribution in [0.1, 0.15) is 133 Å². The van der Waals surface area contributed by atoms with Crippen LogP contribution < -0.4 is 0 Å². The molecule has 314 valence electrons. The molecule has 5 heteroatoms. The number of rotatable bonds is 5. The summed E-state index contributed by atoms with van der Waals surface area (Å²) in [6.45, 7) is 31.4. The lowest BCUT2D eigenvalue weighted by molar-refractivity contribution is -0.155. The predicted octanol–water partition coefficient (Wildman–Crippen LogP) is 11.3. The minimum Gasteiger partial charge on any atom is -0.393 e. The molecule has 5 nitrogen and oxygen atoms in total. The summed E-state index contributed by atoms with van der Waals surface area (Å²) < 4.78 is 0. The highest BCUT2D eigenvalue weighted by atomic mass is 16.3. The van der Waals surface area contributed by atoms with Crippen LogP contribution in [0, 0.1) is 79.8 Å². The fourth-order valence-corrected chi connectivity index (χ4v) is 16.3. The van der Waals surface area contributed by atoms with Crippen molar-refractivity contribution >= 4 is 11.5 Å². The van der Waals surface area contributed by atoms with Gasteiger partial charge in [0.25, 0.3) is 0 Å². The van der Waals surface area contributed by atoms with Gasteiger partial charge in [-0.1, -0.05) is 130 Å². The smallest absolute Gasteiger partial charge is 0.139 e. The molecule has 8 aliphatic rings. The topological polar surface area (TPSA) is 73.1 Å². The molecular formula is C52H78N2O3. The van der Waals surface area contributed by atoms with E-state index in [1.165, 1.54) is 29.7 Å². The summed E-state index contributed by atoms with van der Waals surface area (Å²) in [5, 5.41) is 30.1. The van der Waals surface area contributed by atoms with Crippen LogP contribution >= 0.6 is 0 Å². The van der Waals surface area contributed by atoms with Crippen LogP contribution in [0.15, 0.2) is 77.0 Å². The van der Waals surface area contributed by atoms with Gasteiger partial charge in [0.15, 0.2) is 0 Å². The Morgan fingerprint density at radius 2 is 1.16 bits per heavy atom. The van der Waals surface area contributed by atoms with Crippen molar-refractivity contribution in [3.63, 3.8) is 0 Å². The molecule has 0 radical (unpaired) electrons. The van der Waals surface area contributed by atoms with Crippen LogP contribution in [0.2, 0.25) is 0 Å². The zero-order valence-corrected chi connectivity index (χ0v) is 37.9. The molecule has 0 heterocycles. The number of nitrogens with zero attached hydrogens (tertiary/aromatic N) is 2. The molecule has 2 N–H and O–H groups in total. The van der Waals surface area contributed by atoms with Crippen LogP contribution in [-0.4, -0.2) is 53.0 Å². The first-order chi connectivity index (χ1) is 26.6. The SMILES string of the molecule is C=C1C=C[C@@]2(C)C(=C1)CC[C@@H]1[C@@H]2[C@@H](O)C[C@@]2(C)[C@H]1C[C@@H](C)[C@]2(C)/C(CC)=N\N(C)C.C=C1C=C[C@@]2(C)C(=C1)CC[C@@H]1[C@@H]2[C@@H](O)C[C@@]2(C)[C@H]1C[C@@H](C)[C@]2(C)C(=O)CC. The number of aliphatic hydroxyl groups is 2. The zero-order chi connectivity index (χ0) is 41.8. The maximum absolute atomic E-state index is 13.1. The quantitative estimate of drug-likeness (QED) is 0.215. The van der Waals surface area contributed by atoms with Crippen molar-refractivity contribution in [2.45, 2.75) is 146 Å². The molecule has 8 aliphatic carbocycles. The number of ketones is 1. The molecule has 0 amide bonds.